The highest BCUT2D eigenvalue weighted by Crippen LogP contribution is 2.26. The van der Waals surface area contributed by atoms with E-state index < -0.39 is 0 Å². The van der Waals surface area contributed by atoms with Crippen LogP contribution in [0.4, 0.5) is 0 Å². The molecule has 122 valence electrons. The second kappa shape index (κ2) is 6.81. The molecule has 4 nitrogen and oxygen atoms in total. The Balaban J connectivity index is 1.85. The number of aryl methyl sites for hydroxylation is 1. The summed E-state index contributed by atoms with van der Waals surface area (Å²) in [6, 6.07) is 7.92. The zero-order chi connectivity index (χ0) is 16.4. The van der Waals surface area contributed by atoms with Crippen molar-refractivity contribution in [2.45, 2.75) is 32.7 Å². The van der Waals surface area contributed by atoms with Crippen molar-refractivity contribution in [3.63, 3.8) is 0 Å². The van der Waals surface area contributed by atoms with Crippen molar-refractivity contribution in [2.75, 3.05) is 13.1 Å². The standard InChI is InChI=1S/C18H23N3OS/c1-12-6-7-21(16(8-12)10-19)18(22)15-5-3-4-14(9-15)17-11-23-13(2)20-17/h3-5,9,11-12,16H,6-8,10,19H2,1-2H3. The highest BCUT2D eigenvalue weighted by atomic mass is 32.1. The Morgan fingerprint density at radius 1 is 1.48 bits per heavy atom. The van der Waals surface area contributed by atoms with Gasteiger partial charge < -0.3 is 10.6 Å². The van der Waals surface area contributed by atoms with Gasteiger partial charge in [-0.15, -0.1) is 11.3 Å². The SMILES string of the molecule is Cc1nc(-c2cccc(C(=O)N3CCC(C)CC3CN)c2)cs1. The highest BCUT2D eigenvalue weighted by Gasteiger charge is 2.29. The minimum atomic E-state index is 0.0844. The number of nitrogens with two attached hydrogens (primary N) is 1. The van der Waals surface area contributed by atoms with E-state index in [1.54, 1.807) is 11.3 Å². The summed E-state index contributed by atoms with van der Waals surface area (Å²) in [6.45, 7) is 5.54. The molecule has 5 heteroatoms. The molecule has 2 aromatic rings. The molecule has 23 heavy (non-hydrogen) atoms. The summed E-state index contributed by atoms with van der Waals surface area (Å²) in [4.78, 5) is 19.4. The molecule has 1 aromatic heterocycles. The van der Waals surface area contributed by atoms with Gasteiger partial charge in [0.25, 0.3) is 5.91 Å². The molecule has 1 aliphatic rings. The minimum absolute atomic E-state index is 0.0844. The van der Waals surface area contributed by atoms with E-state index in [1.807, 2.05) is 41.5 Å². The number of thiazole rings is 1. The first-order valence-corrected chi connectivity index (χ1v) is 9.00. The second-order valence-corrected chi connectivity index (χ2v) is 7.41. The number of hydrogen-bond acceptors (Lipinski definition) is 4. The molecule has 3 rings (SSSR count). The Bertz CT molecular complexity index is 697. The third-order valence-electron chi connectivity index (χ3n) is 4.54. The van der Waals surface area contributed by atoms with E-state index in [4.69, 9.17) is 5.73 Å². The normalized spacial score (nSPS) is 21.4. The van der Waals surface area contributed by atoms with Crippen molar-refractivity contribution in [3.05, 3.63) is 40.2 Å². The van der Waals surface area contributed by atoms with Gasteiger partial charge in [0.15, 0.2) is 0 Å². The van der Waals surface area contributed by atoms with E-state index in [2.05, 4.69) is 11.9 Å². The van der Waals surface area contributed by atoms with Crippen LogP contribution in [0.1, 0.15) is 35.1 Å². The summed E-state index contributed by atoms with van der Waals surface area (Å²) < 4.78 is 0. The van der Waals surface area contributed by atoms with Gasteiger partial charge in [-0.25, -0.2) is 4.98 Å². The van der Waals surface area contributed by atoms with Crippen LogP contribution in [0.25, 0.3) is 11.3 Å². The van der Waals surface area contributed by atoms with Crippen LogP contribution in [0.2, 0.25) is 0 Å². The number of aromatic nitrogens is 1. The quantitative estimate of drug-likeness (QED) is 0.940. The number of carbonyl (C=O) groups is 1. The first-order valence-electron chi connectivity index (χ1n) is 8.12. The average molecular weight is 329 g/mol. The molecular weight excluding hydrogens is 306 g/mol. The maximum absolute atomic E-state index is 12.9. The lowest BCUT2D eigenvalue weighted by Gasteiger charge is -2.38. The van der Waals surface area contributed by atoms with Crippen molar-refractivity contribution in [1.29, 1.82) is 0 Å². The first-order chi connectivity index (χ1) is 11.1. The molecule has 0 radical (unpaired) electrons. The van der Waals surface area contributed by atoms with Crippen molar-refractivity contribution in [1.82, 2.24) is 9.88 Å². The lowest BCUT2D eigenvalue weighted by atomic mass is 9.91. The largest absolute Gasteiger partial charge is 0.334 e. The molecule has 2 N–H and O–H groups in total. The van der Waals surface area contributed by atoms with Gasteiger partial charge >= 0.3 is 0 Å². The number of nitrogens with zero attached hydrogens (tertiary/aromatic N) is 2. The summed E-state index contributed by atoms with van der Waals surface area (Å²) in [5.41, 5.74) is 8.55. The molecule has 1 fully saturated rings. The Kier molecular flexibility index (Phi) is 4.78. The molecular formula is C18H23N3OS. The molecule has 0 spiro atoms. The lowest BCUT2D eigenvalue weighted by molar-refractivity contribution is 0.0573. The molecule has 1 aromatic carbocycles. The highest BCUT2D eigenvalue weighted by molar-refractivity contribution is 7.09. The van der Waals surface area contributed by atoms with Crippen molar-refractivity contribution in [2.24, 2.45) is 11.7 Å². The zero-order valence-electron chi connectivity index (χ0n) is 13.7. The minimum Gasteiger partial charge on any atom is -0.334 e. The maximum atomic E-state index is 12.9. The summed E-state index contributed by atoms with van der Waals surface area (Å²) in [6.07, 6.45) is 2.04. The molecule has 0 aliphatic carbocycles. The number of piperidine rings is 1. The van der Waals surface area contributed by atoms with Crippen molar-refractivity contribution < 1.29 is 4.79 Å². The van der Waals surface area contributed by atoms with Crippen molar-refractivity contribution in [3.8, 4) is 11.3 Å². The molecule has 2 unspecified atom stereocenters. The third-order valence-corrected chi connectivity index (χ3v) is 5.31. The van der Waals surface area contributed by atoms with Gasteiger partial charge in [0.1, 0.15) is 0 Å². The van der Waals surface area contributed by atoms with Crippen LogP contribution < -0.4 is 5.73 Å². The summed E-state index contributed by atoms with van der Waals surface area (Å²) in [5.74, 6) is 0.720. The molecule has 0 bridgehead atoms. The molecule has 1 aliphatic heterocycles. The van der Waals surface area contributed by atoms with Gasteiger partial charge in [-0.2, -0.15) is 0 Å². The Morgan fingerprint density at radius 2 is 2.30 bits per heavy atom. The van der Waals surface area contributed by atoms with Gasteiger partial charge in [0.05, 0.1) is 10.7 Å². The molecule has 2 atom stereocenters. The number of likely N-dealkylation sites (tertiary alicyclic amines) is 1. The van der Waals surface area contributed by atoms with E-state index in [-0.39, 0.29) is 11.9 Å². The van der Waals surface area contributed by atoms with Gasteiger partial charge in [-0.05, 0) is 37.8 Å². The van der Waals surface area contributed by atoms with Gasteiger partial charge in [-0.1, -0.05) is 19.1 Å². The summed E-state index contributed by atoms with van der Waals surface area (Å²) >= 11 is 1.62. The molecule has 2 heterocycles. The van der Waals surface area contributed by atoms with E-state index in [9.17, 15) is 4.79 Å². The van der Waals surface area contributed by atoms with E-state index >= 15 is 0 Å². The Hall–Kier alpha value is -1.72. The summed E-state index contributed by atoms with van der Waals surface area (Å²) in [7, 11) is 0. The van der Waals surface area contributed by atoms with E-state index in [1.165, 1.54) is 0 Å². The second-order valence-electron chi connectivity index (χ2n) is 6.35. The van der Waals surface area contributed by atoms with Gasteiger partial charge in [-0.3, -0.25) is 4.79 Å². The average Bonchev–Trinajstić information content (AvgIpc) is 3.01. The van der Waals surface area contributed by atoms with Crippen LogP contribution in [0.5, 0.6) is 0 Å². The van der Waals surface area contributed by atoms with Crippen molar-refractivity contribution >= 4 is 17.2 Å². The van der Waals surface area contributed by atoms with E-state index in [0.29, 0.717) is 12.5 Å². The Morgan fingerprint density at radius 3 is 3.00 bits per heavy atom. The number of hydrogen-bond donors (Lipinski definition) is 1. The Labute approximate surface area is 141 Å². The van der Waals surface area contributed by atoms with Gasteiger partial charge in [0, 0.05) is 35.6 Å². The molecule has 1 saturated heterocycles. The number of rotatable bonds is 3. The number of benzene rings is 1. The van der Waals surface area contributed by atoms with Crippen LogP contribution in [0.3, 0.4) is 0 Å². The smallest absolute Gasteiger partial charge is 0.254 e. The lowest BCUT2D eigenvalue weighted by Crippen LogP contribution is -2.49. The van der Waals surface area contributed by atoms with Gasteiger partial charge in [0.2, 0.25) is 0 Å². The monoisotopic (exact) mass is 329 g/mol. The predicted molar refractivity (Wildman–Crippen MR) is 94.6 cm³/mol. The fourth-order valence-corrected chi connectivity index (χ4v) is 3.84. The topological polar surface area (TPSA) is 59.2 Å². The first kappa shape index (κ1) is 16.1. The van der Waals surface area contributed by atoms with Crippen LogP contribution in [0.15, 0.2) is 29.6 Å². The zero-order valence-corrected chi connectivity index (χ0v) is 14.5. The van der Waals surface area contributed by atoms with Crippen LogP contribution >= 0.6 is 11.3 Å². The summed E-state index contributed by atoms with van der Waals surface area (Å²) in [5, 5.41) is 3.06. The van der Waals surface area contributed by atoms with Crippen LogP contribution in [-0.4, -0.2) is 34.9 Å². The molecule has 1 amide bonds. The molecule has 0 saturated carbocycles. The predicted octanol–water partition coefficient (Wildman–Crippen LogP) is 3.32. The number of amides is 1. The maximum Gasteiger partial charge on any atom is 0.254 e. The van der Waals surface area contributed by atoms with E-state index in [0.717, 1.165) is 41.2 Å². The fourth-order valence-electron chi connectivity index (χ4n) is 3.22. The van der Waals surface area contributed by atoms with Crippen LogP contribution in [-0.2, 0) is 0 Å². The third kappa shape index (κ3) is 3.46. The fraction of sp³-hybridized carbons (Fsp3) is 0.444. The van der Waals surface area contributed by atoms with Crippen LogP contribution in [0, 0.1) is 12.8 Å². The number of carbonyl (C=O) groups excluding carboxylic acids is 1.